The highest BCUT2D eigenvalue weighted by atomic mass is 19.1. The summed E-state index contributed by atoms with van der Waals surface area (Å²) in [7, 11) is 0. The summed E-state index contributed by atoms with van der Waals surface area (Å²) in [5.74, 6) is -5.00. The summed E-state index contributed by atoms with van der Waals surface area (Å²) in [6.45, 7) is 1.61. The van der Waals surface area contributed by atoms with Crippen molar-refractivity contribution in [3.8, 4) is 5.75 Å². The van der Waals surface area contributed by atoms with Crippen LogP contribution >= 0.6 is 0 Å². The first-order valence-electron chi connectivity index (χ1n) is 12.1. The average Bonchev–Trinajstić information content (AvgIpc) is 3.06. The number of allylic oxidation sites excluding steroid dienone is 1. The molecule has 0 saturated heterocycles. The molecule has 38 heavy (non-hydrogen) atoms. The fourth-order valence-electron chi connectivity index (χ4n) is 4.74. The third kappa shape index (κ3) is 4.69. The van der Waals surface area contributed by atoms with Crippen LogP contribution in [0.4, 0.5) is 13.2 Å². The van der Waals surface area contributed by atoms with E-state index < -0.39 is 46.8 Å². The lowest BCUT2D eigenvalue weighted by molar-refractivity contribution is 0.0626. The largest absolute Gasteiger partial charge is 0.483 e. The molecule has 1 N–H and O–H groups in total. The number of hydrogen-bond donors (Lipinski definition) is 1. The Labute approximate surface area is 216 Å². The van der Waals surface area contributed by atoms with Gasteiger partial charge in [0.05, 0.1) is 6.04 Å². The van der Waals surface area contributed by atoms with Crippen molar-refractivity contribution in [3.05, 3.63) is 111 Å². The number of carbonyl (C=O) groups excluding carboxylic acids is 2. The van der Waals surface area contributed by atoms with Crippen molar-refractivity contribution < 1.29 is 27.5 Å². The van der Waals surface area contributed by atoms with E-state index in [0.29, 0.717) is 25.1 Å². The fraction of sp³-hybridized carbons (Fsp3) is 0.250. The van der Waals surface area contributed by atoms with Gasteiger partial charge in [-0.25, -0.2) is 13.2 Å². The van der Waals surface area contributed by atoms with Crippen LogP contribution in [0, 0.1) is 17.5 Å². The number of aromatic nitrogens is 1. The van der Waals surface area contributed by atoms with Gasteiger partial charge in [0, 0.05) is 43.0 Å². The fourth-order valence-corrected chi connectivity index (χ4v) is 4.74. The first kappa shape index (κ1) is 25.3. The number of benzene rings is 2. The zero-order valence-electron chi connectivity index (χ0n) is 20.4. The molecule has 2 bridgehead atoms. The number of nitrogens with zero attached hydrogens (tertiary/aromatic N) is 2. The van der Waals surface area contributed by atoms with Crippen LogP contribution in [0.2, 0.25) is 0 Å². The summed E-state index contributed by atoms with van der Waals surface area (Å²) in [6.07, 6.45) is 5.70. The van der Waals surface area contributed by atoms with Gasteiger partial charge in [0.25, 0.3) is 11.8 Å². The molecular formula is C28H24F3N3O4. The third-order valence-electron chi connectivity index (χ3n) is 6.77. The van der Waals surface area contributed by atoms with Crippen LogP contribution in [0.25, 0.3) is 0 Å². The predicted octanol–water partition coefficient (Wildman–Crippen LogP) is 4.12. The second-order valence-electron chi connectivity index (χ2n) is 9.28. The number of nitrogens with one attached hydrogen (secondary N) is 1. The van der Waals surface area contributed by atoms with Gasteiger partial charge in [-0.15, -0.1) is 0 Å². The molecule has 2 aromatic carbocycles. The lowest BCUT2D eigenvalue weighted by Gasteiger charge is -2.37. The Morgan fingerprint density at radius 2 is 1.82 bits per heavy atom. The van der Waals surface area contributed by atoms with E-state index in [9.17, 15) is 27.6 Å². The Morgan fingerprint density at radius 1 is 1.11 bits per heavy atom. The van der Waals surface area contributed by atoms with Gasteiger partial charge in [-0.3, -0.25) is 14.4 Å². The summed E-state index contributed by atoms with van der Waals surface area (Å²) >= 11 is 0. The van der Waals surface area contributed by atoms with Crippen LogP contribution < -0.4 is 15.5 Å². The van der Waals surface area contributed by atoms with Gasteiger partial charge in [-0.1, -0.05) is 42.5 Å². The van der Waals surface area contributed by atoms with Crippen LogP contribution in [0.3, 0.4) is 0 Å². The van der Waals surface area contributed by atoms with Crippen molar-refractivity contribution >= 4 is 11.8 Å². The van der Waals surface area contributed by atoms with Gasteiger partial charge < -0.3 is 19.5 Å². The molecule has 2 amide bonds. The third-order valence-corrected chi connectivity index (χ3v) is 6.77. The van der Waals surface area contributed by atoms with E-state index >= 15 is 0 Å². The zero-order chi connectivity index (χ0) is 27.0. The van der Waals surface area contributed by atoms with Gasteiger partial charge in [0.2, 0.25) is 5.43 Å². The second kappa shape index (κ2) is 10.2. The van der Waals surface area contributed by atoms with Gasteiger partial charge >= 0.3 is 0 Å². The van der Waals surface area contributed by atoms with Crippen LogP contribution in [-0.2, 0) is 13.2 Å². The van der Waals surface area contributed by atoms with Crippen molar-refractivity contribution in [1.82, 2.24) is 14.8 Å². The Balaban J connectivity index is 1.54. The molecule has 3 aromatic rings. The molecule has 0 fully saturated rings. The van der Waals surface area contributed by atoms with E-state index in [0.717, 1.165) is 5.56 Å². The maximum Gasteiger partial charge on any atom is 0.275 e. The molecule has 0 unspecified atom stereocenters. The summed E-state index contributed by atoms with van der Waals surface area (Å²) in [5.41, 5.74) is -0.920. The van der Waals surface area contributed by atoms with E-state index in [2.05, 4.69) is 5.32 Å². The zero-order valence-corrected chi connectivity index (χ0v) is 20.4. The van der Waals surface area contributed by atoms with Crippen molar-refractivity contribution in [3.63, 3.8) is 0 Å². The van der Waals surface area contributed by atoms with Crippen LogP contribution in [0.1, 0.15) is 51.4 Å². The lowest BCUT2D eigenvalue weighted by Crippen LogP contribution is -2.47. The molecule has 5 rings (SSSR count). The number of halogens is 3. The molecule has 2 atom stereocenters. The first-order valence-corrected chi connectivity index (χ1v) is 12.1. The molecule has 196 valence electrons. The SMILES string of the molecule is C[C@H]1C=CC[C@H]2CN1C(=O)c1c(OCc3ccccc3)c(=O)c(C(=O)NCc3c(F)cc(F)cc3F)cn12. The highest BCUT2D eigenvalue weighted by Gasteiger charge is 2.38. The minimum absolute atomic E-state index is 0.0219. The Kier molecular flexibility index (Phi) is 6.79. The molecule has 1 aromatic heterocycles. The number of hydrogen-bond acceptors (Lipinski definition) is 4. The van der Waals surface area contributed by atoms with E-state index in [1.165, 1.54) is 6.20 Å². The molecule has 0 aliphatic carbocycles. The topological polar surface area (TPSA) is 80.6 Å². The van der Waals surface area contributed by atoms with Crippen molar-refractivity contribution in [2.45, 2.75) is 38.6 Å². The summed E-state index contributed by atoms with van der Waals surface area (Å²) in [6, 6.07) is 9.58. The van der Waals surface area contributed by atoms with E-state index in [-0.39, 0.29) is 35.7 Å². The number of fused-ring (bicyclic) bond motifs is 4. The number of amides is 2. The number of pyridine rings is 1. The van der Waals surface area contributed by atoms with Crippen LogP contribution in [0.5, 0.6) is 5.75 Å². The van der Waals surface area contributed by atoms with Crippen molar-refractivity contribution in [2.24, 2.45) is 0 Å². The summed E-state index contributed by atoms with van der Waals surface area (Å²) in [4.78, 5) is 41.8. The number of ether oxygens (including phenoxy) is 1. The number of carbonyl (C=O) groups is 2. The Hall–Kier alpha value is -4.34. The molecule has 2 aliphatic heterocycles. The maximum absolute atomic E-state index is 14.1. The monoisotopic (exact) mass is 523 g/mol. The van der Waals surface area contributed by atoms with Gasteiger partial charge in [-0.05, 0) is 18.9 Å². The lowest BCUT2D eigenvalue weighted by atomic mass is 10.1. The average molecular weight is 524 g/mol. The standard InChI is InChI=1S/C28H24F3N3O4/c1-16-6-5-9-19-13-33(16)28(37)24-26(38-15-17-7-3-2-4-8-17)25(35)21(14-34(19)24)27(36)32-12-20-22(30)10-18(29)11-23(20)31/h2-8,10-11,14,16,19H,9,12-13,15H2,1H3,(H,32,36)/t16-,19-/m0/s1. The van der Waals surface area contributed by atoms with Crippen LogP contribution in [-0.4, -0.2) is 33.9 Å². The van der Waals surface area contributed by atoms with Gasteiger partial charge in [0.15, 0.2) is 11.4 Å². The highest BCUT2D eigenvalue weighted by molar-refractivity contribution is 5.99. The Bertz CT molecular complexity index is 1480. The smallest absolute Gasteiger partial charge is 0.275 e. The maximum atomic E-state index is 14.1. The molecule has 0 spiro atoms. The molecule has 7 nitrogen and oxygen atoms in total. The van der Waals surface area contributed by atoms with Gasteiger partial charge in [0.1, 0.15) is 29.6 Å². The van der Waals surface area contributed by atoms with E-state index in [1.807, 2.05) is 25.1 Å². The highest BCUT2D eigenvalue weighted by Crippen LogP contribution is 2.32. The van der Waals surface area contributed by atoms with Crippen LogP contribution in [0.15, 0.2) is 65.6 Å². The molecule has 2 aliphatic rings. The molecule has 3 heterocycles. The second-order valence-corrected chi connectivity index (χ2v) is 9.28. The molecule has 10 heteroatoms. The molecule has 0 saturated carbocycles. The first-order chi connectivity index (χ1) is 18.2. The Morgan fingerprint density at radius 3 is 2.53 bits per heavy atom. The number of rotatable bonds is 6. The van der Waals surface area contributed by atoms with Crippen molar-refractivity contribution in [1.29, 1.82) is 0 Å². The van der Waals surface area contributed by atoms with Crippen molar-refractivity contribution in [2.75, 3.05) is 6.54 Å². The summed E-state index contributed by atoms with van der Waals surface area (Å²) < 4.78 is 48.9. The van der Waals surface area contributed by atoms with E-state index in [4.69, 9.17) is 4.74 Å². The normalized spacial score (nSPS) is 18.1. The quantitative estimate of drug-likeness (QED) is 0.493. The minimum Gasteiger partial charge on any atom is -0.483 e. The summed E-state index contributed by atoms with van der Waals surface area (Å²) in [5, 5.41) is 2.33. The predicted molar refractivity (Wildman–Crippen MR) is 132 cm³/mol. The molecule has 0 radical (unpaired) electrons. The van der Waals surface area contributed by atoms with E-state index in [1.54, 1.807) is 33.7 Å². The van der Waals surface area contributed by atoms with Gasteiger partial charge in [-0.2, -0.15) is 0 Å². The molecular weight excluding hydrogens is 499 g/mol. The minimum atomic E-state index is -1.16.